The summed E-state index contributed by atoms with van der Waals surface area (Å²) in [6.07, 6.45) is 7.13. The average molecular weight is 273 g/mol. The van der Waals surface area contributed by atoms with E-state index in [0.717, 1.165) is 18.4 Å². The van der Waals surface area contributed by atoms with Crippen molar-refractivity contribution in [2.24, 2.45) is 5.92 Å². The zero-order valence-electron chi connectivity index (χ0n) is 12.8. The van der Waals surface area contributed by atoms with Crippen molar-refractivity contribution in [3.05, 3.63) is 35.4 Å². The van der Waals surface area contributed by atoms with Crippen molar-refractivity contribution < 1.29 is 4.74 Å². The van der Waals surface area contributed by atoms with Crippen molar-refractivity contribution in [3.63, 3.8) is 0 Å². The molecule has 0 amide bonds. The van der Waals surface area contributed by atoms with Gasteiger partial charge in [0, 0.05) is 6.61 Å². The van der Waals surface area contributed by atoms with Crippen molar-refractivity contribution in [2.45, 2.75) is 57.1 Å². The normalized spacial score (nSPS) is 22.3. The third-order valence-electron chi connectivity index (χ3n) is 4.96. The molecule has 110 valence electrons. The lowest BCUT2D eigenvalue weighted by Crippen LogP contribution is -2.33. The van der Waals surface area contributed by atoms with Crippen molar-refractivity contribution >= 4 is 0 Å². The van der Waals surface area contributed by atoms with Crippen molar-refractivity contribution in [1.29, 1.82) is 0 Å². The molecule has 2 saturated carbocycles. The van der Waals surface area contributed by atoms with E-state index in [-0.39, 0.29) is 0 Å². The molecule has 2 fully saturated rings. The first-order chi connectivity index (χ1) is 9.83. The quantitative estimate of drug-likeness (QED) is 0.810. The molecule has 2 aliphatic carbocycles. The predicted octanol–water partition coefficient (Wildman–Crippen LogP) is 4.03. The first-order valence-corrected chi connectivity index (χ1v) is 8.22. The second kappa shape index (κ2) is 6.28. The van der Waals surface area contributed by atoms with Crippen LogP contribution in [0.15, 0.2) is 24.3 Å². The molecule has 1 N–H and O–H groups in total. The van der Waals surface area contributed by atoms with Crippen molar-refractivity contribution in [1.82, 2.24) is 5.32 Å². The standard InChI is InChI=1S/C18H27NO/c1-3-20-18(16-11-12-16)17(19-2)15-9-7-14(8-10-15)13-5-4-6-13/h7-10,13,16-19H,3-6,11-12H2,1-2H3. The fraction of sp³-hybridized carbons (Fsp3) is 0.667. The molecule has 1 aromatic rings. The predicted molar refractivity (Wildman–Crippen MR) is 83.0 cm³/mol. The molecule has 2 aliphatic rings. The summed E-state index contributed by atoms with van der Waals surface area (Å²) in [5.41, 5.74) is 2.90. The van der Waals surface area contributed by atoms with Gasteiger partial charge in [-0.3, -0.25) is 0 Å². The molecule has 3 rings (SSSR count). The summed E-state index contributed by atoms with van der Waals surface area (Å²) in [7, 11) is 2.05. The summed E-state index contributed by atoms with van der Waals surface area (Å²) in [6, 6.07) is 9.61. The van der Waals surface area contributed by atoms with E-state index in [9.17, 15) is 0 Å². The maximum atomic E-state index is 6.02. The molecule has 2 nitrogen and oxygen atoms in total. The van der Waals surface area contributed by atoms with Crippen LogP contribution in [0.1, 0.15) is 62.1 Å². The van der Waals surface area contributed by atoms with E-state index < -0.39 is 0 Å². The van der Waals surface area contributed by atoms with Crippen LogP contribution in [-0.4, -0.2) is 19.8 Å². The summed E-state index contributed by atoms with van der Waals surface area (Å²) in [5.74, 6) is 1.57. The molecule has 0 spiro atoms. The number of hydrogen-bond acceptors (Lipinski definition) is 2. The molecule has 1 aromatic carbocycles. The minimum Gasteiger partial charge on any atom is -0.376 e. The van der Waals surface area contributed by atoms with Crippen LogP contribution < -0.4 is 5.32 Å². The molecule has 0 radical (unpaired) electrons. The van der Waals surface area contributed by atoms with Gasteiger partial charge in [-0.1, -0.05) is 30.7 Å². The van der Waals surface area contributed by atoms with Gasteiger partial charge in [0.1, 0.15) is 0 Å². The lowest BCUT2D eigenvalue weighted by atomic mass is 9.79. The van der Waals surface area contributed by atoms with E-state index in [1.54, 1.807) is 0 Å². The molecule has 0 aliphatic heterocycles. The highest BCUT2D eigenvalue weighted by molar-refractivity contribution is 5.29. The second-order valence-electron chi connectivity index (χ2n) is 6.32. The van der Waals surface area contributed by atoms with Crippen LogP contribution >= 0.6 is 0 Å². The minimum atomic E-state index is 0.331. The van der Waals surface area contributed by atoms with Crippen LogP contribution in [0.25, 0.3) is 0 Å². The molecule has 2 atom stereocenters. The molecule has 0 saturated heterocycles. The van der Waals surface area contributed by atoms with Crippen LogP contribution in [0.3, 0.4) is 0 Å². The minimum absolute atomic E-state index is 0.331. The lowest BCUT2D eigenvalue weighted by Gasteiger charge is -2.29. The summed E-state index contributed by atoms with van der Waals surface area (Å²) >= 11 is 0. The van der Waals surface area contributed by atoms with Gasteiger partial charge in [-0.25, -0.2) is 0 Å². The Kier molecular flexibility index (Phi) is 4.42. The largest absolute Gasteiger partial charge is 0.376 e. The number of benzene rings is 1. The van der Waals surface area contributed by atoms with Crippen LogP contribution in [0, 0.1) is 5.92 Å². The van der Waals surface area contributed by atoms with Gasteiger partial charge in [-0.15, -0.1) is 0 Å². The Morgan fingerprint density at radius 2 is 1.85 bits per heavy atom. The van der Waals surface area contributed by atoms with Gasteiger partial charge in [0.15, 0.2) is 0 Å². The van der Waals surface area contributed by atoms with E-state index in [4.69, 9.17) is 4.74 Å². The molecule has 2 heteroatoms. The summed E-state index contributed by atoms with van der Waals surface area (Å²) in [6.45, 7) is 2.90. The highest BCUT2D eigenvalue weighted by Crippen LogP contribution is 2.41. The van der Waals surface area contributed by atoms with E-state index in [1.807, 2.05) is 0 Å². The Bertz CT molecular complexity index is 420. The van der Waals surface area contributed by atoms with E-state index in [1.165, 1.54) is 43.2 Å². The number of ether oxygens (including phenoxy) is 1. The molecular weight excluding hydrogens is 246 g/mol. The monoisotopic (exact) mass is 273 g/mol. The highest BCUT2D eigenvalue weighted by Gasteiger charge is 2.37. The molecule has 0 bridgehead atoms. The molecule has 2 unspecified atom stereocenters. The Morgan fingerprint density at radius 1 is 1.15 bits per heavy atom. The van der Waals surface area contributed by atoms with Crippen LogP contribution in [0.5, 0.6) is 0 Å². The maximum Gasteiger partial charge on any atom is 0.0797 e. The van der Waals surface area contributed by atoms with Crippen molar-refractivity contribution in [3.8, 4) is 0 Å². The zero-order valence-corrected chi connectivity index (χ0v) is 12.8. The average Bonchev–Trinajstić information content (AvgIpc) is 3.23. The van der Waals surface area contributed by atoms with Gasteiger partial charge in [0.25, 0.3) is 0 Å². The van der Waals surface area contributed by atoms with Gasteiger partial charge >= 0.3 is 0 Å². The first-order valence-electron chi connectivity index (χ1n) is 8.22. The molecular formula is C18H27NO. The SMILES string of the molecule is CCOC(C1CC1)C(NC)c1ccc(C2CCC2)cc1. The molecule has 20 heavy (non-hydrogen) atoms. The molecule has 0 aromatic heterocycles. The van der Waals surface area contributed by atoms with Gasteiger partial charge in [0.05, 0.1) is 12.1 Å². The zero-order chi connectivity index (χ0) is 13.9. The summed E-state index contributed by atoms with van der Waals surface area (Å²) in [5, 5.41) is 3.48. The van der Waals surface area contributed by atoms with E-state index in [2.05, 4.69) is 43.6 Å². The van der Waals surface area contributed by atoms with Crippen LogP contribution in [0.2, 0.25) is 0 Å². The fourth-order valence-electron chi connectivity index (χ4n) is 3.36. The fourth-order valence-corrected chi connectivity index (χ4v) is 3.36. The number of hydrogen-bond donors (Lipinski definition) is 1. The number of nitrogens with one attached hydrogen (secondary N) is 1. The smallest absolute Gasteiger partial charge is 0.0797 e. The summed E-state index contributed by atoms with van der Waals surface area (Å²) < 4.78 is 6.02. The number of likely N-dealkylation sites (N-methyl/N-ethyl adjacent to an activating group) is 1. The van der Waals surface area contributed by atoms with Gasteiger partial charge in [0.2, 0.25) is 0 Å². The maximum absolute atomic E-state index is 6.02. The Labute approximate surface area is 122 Å². The van der Waals surface area contributed by atoms with E-state index >= 15 is 0 Å². The highest BCUT2D eigenvalue weighted by atomic mass is 16.5. The van der Waals surface area contributed by atoms with Gasteiger partial charge in [-0.2, -0.15) is 0 Å². The third-order valence-corrected chi connectivity index (χ3v) is 4.96. The molecule has 0 heterocycles. The van der Waals surface area contributed by atoms with Gasteiger partial charge < -0.3 is 10.1 Å². The second-order valence-corrected chi connectivity index (χ2v) is 6.32. The van der Waals surface area contributed by atoms with Crippen LogP contribution in [-0.2, 0) is 4.74 Å². The van der Waals surface area contributed by atoms with E-state index in [0.29, 0.717) is 12.1 Å². The lowest BCUT2D eigenvalue weighted by molar-refractivity contribution is 0.0204. The Balaban J connectivity index is 1.73. The first kappa shape index (κ1) is 14.1. The Morgan fingerprint density at radius 3 is 2.30 bits per heavy atom. The van der Waals surface area contributed by atoms with Gasteiger partial charge in [-0.05, 0) is 62.6 Å². The third kappa shape index (κ3) is 2.91. The summed E-state index contributed by atoms with van der Waals surface area (Å²) in [4.78, 5) is 0. The number of rotatable bonds is 7. The van der Waals surface area contributed by atoms with Crippen LogP contribution in [0.4, 0.5) is 0 Å². The Hall–Kier alpha value is -0.860. The van der Waals surface area contributed by atoms with Crippen molar-refractivity contribution in [2.75, 3.05) is 13.7 Å². The topological polar surface area (TPSA) is 21.3 Å².